The maximum absolute atomic E-state index is 3.54. The van der Waals surface area contributed by atoms with Gasteiger partial charge in [0.05, 0.1) is 0 Å². The minimum atomic E-state index is 0.181. The van der Waals surface area contributed by atoms with Crippen LogP contribution < -0.4 is 5.32 Å². The summed E-state index contributed by atoms with van der Waals surface area (Å²) in [7, 11) is 2.23. The van der Waals surface area contributed by atoms with Crippen molar-refractivity contribution in [3.8, 4) is 0 Å². The van der Waals surface area contributed by atoms with Crippen LogP contribution in [0.15, 0.2) is 24.3 Å². The van der Waals surface area contributed by atoms with Crippen LogP contribution in [-0.2, 0) is 13.1 Å². The van der Waals surface area contributed by atoms with Gasteiger partial charge in [0, 0.05) is 24.7 Å². The van der Waals surface area contributed by atoms with E-state index in [4.69, 9.17) is 0 Å². The van der Waals surface area contributed by atoms with Gasteiger partial charge >= 0.3 is 0 Å². The molecule has 18 heavy (non-hydrogen) atoms. The number of nitrogens with zero attached hydrogens (tertiary/aromatic N) is 1. The van der Waals surface area contributed by atoms with E-state index < -0.39 is 0 Å². The molecule has 0 spiro atoms. The third kappa shape index (κ3) is 4.43. The second-order valence-corrected chi connectivity index (χ2v) is 6.57. The summed E-state index contributed by atoms with van der Waals surface area (Å²) in [5.74, 6) is 0. The highest BCUT2D eigenvalue weighted by molar-refractivity contribution is 5.23. The van der Waals surface area contributed by atoms with Crippen LogP contribution in [0.2, 0.25) is 0 Å². The van der Waals surface area contributed by atoms with Crippen molar-refractivity contribution in [1.82, 2.24) is 10.2 Å². The molecule has 1 aromatic rings. The molecule has 1 aliphatic rings. The first-order valence-corrected chi connectivity index (χ1v) is 6.97. The molecular weight excluding hydrogens is 220 g/mol. The molecule has 0 atom stereocenters. The van der Waals surface area contributed by atoms with Crippen molar-refractivity contribution in [3.63, 3.8) is 0 Å². The lowest BCUT2D eigenvalue weighted by Crippen LogP contribution is -2.35. The summed E-state index contributed by atoms with van der Waals surface area (Å²) in [6.07, 6.45) is 2.75. The Morgan fingerprint density at radius 2 is 1.89 bits per heavy atom. The Kier molecular flexibility index (Phi) is 4.08. The van der Waals surface area contributed by atoms with Crippen LogP contribution >= 0.6 is 0 Å². The van der Waals surface area contributed by atoms with E-state index in [9.17, 15) is 0 Å². The zero-order valence-corrected chi connectivity index (χ0v) is 12.2. The smallest absolute Gasteiger partial charge is 0.0233 e. The van der Waals surface area contributed by atoms with E-state index in [1.54, 1.807) is 0 Å². The van der Waals surface area contributed by atoms with Gasteiger partial charge in [0.2, 0.25) is 0 Å². The summed E-state index contributed by atoms with van der Waals surface area (Å²) < 4.78 is 0. The van der Waals surface area contributed by atoms with Gasteiger partial charge in [-0.05, 0) is 51.8 Å². The molecule has 0 aromatic heterocycles. The second-order valence-electron chi connectivity index (χ2n) is 6.57. The predicted molar refractivity (Wildman–Crippen MR) is 77.5 cm³/mol. The van der Waals surface area contributed by atoms with Gasteiger partial charge < -0.3 is 5.32 Å². The van der Waals surface area contributed by atoms with Gasteiger partial charge in [-0.1, -0.05) is 24.3 Å². The Morgan fingerprint density at radius 3 is 2.50 bits per heavy atom. The number of nitrogens with one attached hydrogen (secondary N) is 1. The lowest BCUT2D eigenvalue weighted by Gasteiger charge is -2.21. The summed E-state index contributed by atoms with van der Waals surface area (Å²) >= 11 is 0. The molecular formula is C16H26N2. The standard InChI is InChI=1S/C16H26N2/c1-16(2,3)17-11-13-6-5-7-14(10-13)12-18(4)15-8-9-15/h5-7,10,15,17H,8-9,11-12H2,1-4H3. The topological polar surface area (TPSA) is 15.3 Å². The van der Waals surface area contributed by atoms with Crippen molar-refractivity contribution in [2.75, 3.05) is 7.05 Å². The van der Waals surface area contributed by atoms with Crippen molar-refractivity contribution < 1.29 is 0 Å². The average Bonchev–Trinajstić information content (AvgIpc) is 3.09. The largest absolute Gasteiger partial charge is 0.308 e. The molecule has 1 N–H and O–H groups in total. The second kappa shape index (κ2) is 5.41. The van der Waals surface area contributed by atoms with Crippen molar-refractivity contribution in [1.29, 1.82) is 0 Å². The van der Waals surface area contributed by atoms with Crippen LogP contribution in [0.5, 0.6) is 0 Å². The molecule has 2 heteroatoms. The van der Waals surface area contributed by atoms with E-state index in [-0.39, 0.29) is 5.54 Å². The van der Waals surface area contributed by atoms with E-state index in [2.05, 4.69) is 62.3 Å². The van der Waals surface area contributed by atoms with Gasteiger partial charge in [-0.15, -0.1) is 0 Å². The molecule has 1 saturated carbocycles. The Balaban J connectivity index is 1.92. The molecule has 0 saturated heterocycles. The summed E-state index contributed by atoms with van der Waals surface area (Å²) in [6, 6.07) is 9.79. The summed E-state index contributed by atoms with van der Waals surface area (Å²) in [5.41, 5.74) is 2.99. The first-order chi connectivity index (χ1) is 8.44. The fourth-order valence-electron chi connectivity index (χ4n) is 2.14. The summed E-state index contributed by atoms with van der Waals surface area (Å²) in [6.45, 7) is 8.64. The highest BCUT2D eigenvalue weighted by Gasteiger charge is 2.25. The Morgan fingerprint density at radius 1 is 1.22 bits per heavy atom. The Hall–Kier alpha value is -0.860. The van der Waals surface area contributed by atoms with Crippen molar-refractivity contribution in [2.24, 2.45) is 0 Å². The van der Waals surface area contributed by atoms with Gasteiger partial charge in [0.25, 0.3) is 0 Å². The van der Waals surface area contributed by atoms with E-state index in [0.29, 0.717) is 0 Å². The van der Waals surface area contributed by atoms with Crippen LogP contribution in [0, 0.1) is 0 Å². The Bertz CT molecular complexity index is 388. The molecule has 0 unspecified atom stereocenters. The van der Waals surface area contributed by atoms with Crippen LogP contribution in [0.1, 0.15) is 44.7 Å². The average molecular weight is 246 g/mol. The highest BCUT2D eigenvalue weighted by atomic mass is 15.1. The number of benzene rings is 1. The Labute approximate surface area is 111 Å². The van der Waals surface area contributed by atoms with E-state index >= 15 is 0 Å². The van der Waals surface area contributed by atoms with Crippen LogP contribution in [0.3, 0.4) is 0 Å². The van der Waals surface area contributed by atoms with Crippen LogP contribution in [0.4, 0.5) is 0 Å². The third-order valence-corrected chi connectivity index (χ3v) is 3.42. The predicted octanol–water partition coefficient (Wildman–Crippen LogP) is 3.17. The number of rotatable bonds is 5. The minimum absolute atomic E-state index is 0.181. The molecule has 0 heterocycles. The van der Waals surface area contributed by atoms with Crippen LogP contribution in [-0.4, -0.2) is 23.5 Å². The molecule has 0 amide bonds. The maximum Gasteiger partial charge on any atom is 0.0233 e. The SMILES string of the molecule is CN(Cc1cccc(CNC(C)(C)C)c1)C1CC1. The normalized spacial score (nSPS) is 16.3. The molecule has 0 aliphatic heterocycles. The van der Waals surface area contributed by atoms with E-state index in [0.717, 1.165) is 19.1 Å². The van der Waals surface area contributed by atoms with Crippen molar-refractivity contribution >= 4 is 0 Å². The molecule has 1 aromatic carbocycles. The van der Waals surface area contributed by atoms with Gasteiger partial charge in [0.1, 0.15) is 0 Å². The molecule has 100 valence electrons. The molecule has 0 radical (unpaired) electrons. The zero-order valence-electron chi connectivity index (χ0n) is 12.2. The molecule has 1 aliphatic carbocycles. The van der Waals surface area contributed by atoms with Crippen LogP contribution in [0.25, 0.3) is 0 Å². The summed E-state index contributed by atoms with van der Waals surface area (Å²) in [5, 5.41) is 3.54. The monoisotopic (exact) mass is 246 g/mol. The minimum Gasteiger partial charge on any atom is -0.308 e. The molecule has 2 nitrogen and oxygen atoms in total. The first-order valence-electron chi connectivity index (χ1n) is 6.97. The number of hydrogen-bond acceptors (Lipinski definition) is 2. The molecule has 1 fully saturated rings. The first kappa shape index (κ1) is 13.6. The maximum atomic E-state index is 3.54. The summed E-state index contributed by atoms with van der Waals surface area (Å²) in [4.78, 5) is 2.47. The fraction of sp³-hybridized carbons (Fsp3) is 0.625. The quantitative estimate of drug-likeness (QED) is 0.858. The lowest BCUT2D eigenvalue weighted by atomic mass is 10.1. The molecule has 2 rings (SSSR count). The molecule has 0 bridgehead atoms. The van der Waals surface area contributed by atoms with E-state index in [1.807, 2.05) is 0 Å². The van der Waals surface area contributed by atoms with Gasteiger partial charge in [-0.25, -0.2) is 0 Å². The van der Waals surface area contributed by atoms with Gasteiger partial charge in [-0.3, -0.25) is 4.90 Å². The fourth-order valence-corrected chi connectivity index (χ4v) is 2.14. The number of hydrogen-bond donors (Lipinski definition) is 1. The third-order valence-electron chi connectivity index (χ3n) is 3.42. The van der Waals surface area contributed by atoms with Crippen molar-refractivity contribution in [2.45, 2.75) is 58.3 Å². The van der Waals surface area contributed by atoms with Crippen molar-refractivity contribution in [3.05, 3.63) is 35.4 Å². The lowest BCUT2D eigenvalue weighted by molar-refractivity contribution is 0.316. The van der Waals surface area contributed by atoms with E-state index in [1.165, 1.54) is 24.0 Å². The zero-order chi connectivity index (χ0) is 13.2. The van der Waals surface area contributed by atoms with Gasteiger partial charge in [-0.2, -0.15) is 0 Å². The van der Waals surface area contributed by atoms with Gasteiger partial charge in [0.15, 0.2) is 0 Å². The highest BCUT2D eigenvalue weighted by Crippen LogP contribution is 2.26.